The number of nitrogens with zero attached hydrogens (tertiary/aromatic N) is 1. The van der Waals surface area contributed by atoms with Crippen molar-refractivity contribution >= 4 is 11.9 Å². The van der Waals surface area contributed by atoms with E-state index in [0.29, 0.717) is 19.4 Å². The Bertz CT molecular complexity index is 587. The first-order valence-electron chi connectivity index (χ1n) is 8.49. The number of carboxylic acid groups (broad SMARTS) is 1. The van der Waals surface area contributed by atoms with Crippen molar-refractivity contribution < 1.29 is 14.7 Å². The van der Waals surface area contributed by atoms with Crippen molar-refractivity contribution in [2.45, 2.75) is 50.6 Å². The normalized spacial score (nSPS) is 24.2. The minimum Gasteiger partial charge on any atom is -0.480 e. The summed E-state index contributed by atoms with van der Waals surface area (Å²) in [4.78, 5) is 25.4. The maximum atomic E-state index is 12.3. The van der Waals surface area contributed by atoms with Crippen molar-refractivity contribution in [3.05, 3.63) is 35.4 Å². The molecule has 1 heterocycles. The van der Waals surface area contributed by atoms with Crippen LogP contribution in [0.2, 0.25) is 0 Å². The first-order chi connectivity index (χ1) is 11.1. The molecule has 1 aromatic rings. The molecule has 23 heavy (non-hydrogen) atoms. The molecule has 1 aliphatic carbocycles. The van der Waals surface area contributed by atoms with Gasteiger partial charge in [0.2, 0.25) is 5.91 Å². The fourth-order valence-corrected chi connectivity index (χ4v) is 3.79. The van der Waals surface area contributed by atoms with Gasteiger partial charge in [0.05, 0.1) is 6.04 Å². The summed E-state index contributed by atoms with van der Waals surface area (Å²) >= 11 is 0. The van der Waals surface area contributed by atoms with Crippen LogP contribution in [0.5, 0.6) is 0 Å². The van der Waals surface area contributed by atoms with E-state index in [9.17, 15) is 14.7 Å². The van der Waals surface area contributed by atoms with Crippen LogP contribution in [0.15, 0.2) is 24.3 Å². The number of rotatable bonds is 5. The molecule has 3 rings (SSSR count). The fraction of sp³-hybridized carbons (Fsp3) is 0.556. The molecule has 1 unspecified atom stereocenters. The van der Waals surface area contributed by atoms with Crippen molar-refractivity contribution in [1.29, 1.82) is 0 Å². The molecule has 1 aliphatic heterocycles. The molecule has 0 spiro atoms. The zero-order valence-corrected chi connectivity index (χ0v) is 13.3. The summed E-state index contributed by atoms with van der Waals surface area (Å²) in [5, 5.41) is 12.3. The number of carbonyl (C=O) groups is 2. The Kier molecular flexibility index (Phi) is 4.96. The van der Waals surface area contributed by atoms with E-state index in [1.54, 1.807) is 0 Å². The Morgan fingerprint density at radius 3 is 2.87 bits per heavy atom. The quantitative estimate of drug-likeness (QED) is 0.873. The third-order valence-electron chi connectivity index (χ3n) is 4.98. The summed E-state index contributed by atoms with van der Waals surface area (Å²) in [7, 11) is 0. The van der Waals surface area contributed by atoms with E-state index >= 15 is 0 Å². The summed E-state index contributed by atoms with van der Waals surface area (Å²) in [5.41, 5.74) is 2.56. The first kappa shape index (κ1) is 16.0. The maximum absolute atomic E-state index is 12.3. The molecule has 5 nitrogen and oxygen atoms in total. The highest BCUT2D eigenvalue weighted by Gasteiger charge is 2.30. The molecule has 1 amide bonds. The van der Waals surface area contributed by atoms with Gasteiger partial charge in [0.15, 0.2) is 0 Å². The number of likely N-dealkylation sites (tertiary alicyclic amines) is 1. The molecule has 0 radical (unpaired) electrons. The SMILES string of the molecule is O=C(CCN1CCC[C@H]1C(=O)O)NC1CCCc2ccccc21. The van der Waals surface area contributed by atoms with Gasteiger partial charge >= 0.3 is 5.97 Å². The molecule has 1 aromatic carbocycles. The van der Waals surface area contributed by atoms with Crippen molar-refractivity contribution in [3.8, 4) is 0 Å². The number of benzene rings is 1. The summed E-state index contributed by atoms with van der Waals surface area (Å²) in [5.74, 6) is -0.758. The summed E-state index contributed by atoms with van der Waals surface area (Å²) in [6.45, 7) is 1.30. The molecule has 2 atom stereocenters. The van der Waals surface area contributed by atoms with Crippen LogP contribution in [-0.4, -0.2) is 41.0 Å². The minimum absolute atomic E-state index is 0.0164. The Morgan fingerprint density at radius 2 is 2.04 bits per heavy atom. The minimum atomic E-state index is -0.774. The first-order valence-corrected chi connectivity index (χ1v) is 8.49. The van der Waals surface area contributed by atoms with Crippen molar-refractivity contribution in [2.75, 3.05) is 13.1 Å². The van der Waals surface area contributed by atoms with Crippen LogP contribution >= 0.6 is 0 Å². The lowest BCUT2D eigenvalue weighted by molar-refractivity contribution is -0.142. The van der Waals surface area contributed by atoms with Gasteiger partial charge in [0.1, 0.15) is 6.04 Å². The standard InChI is InChI=1S/C18H24N2O3/c21-17(10-12-20-11-4-9-16(20)18(22)23)19-15-8-3-6-13-5-1-2-7-14(13)15/h1-2,5,7,15-16H,3-4,6,8-12H2,(H,19,21)(H,22,23)/t15?,16-/m0/s1. The topological polar surface area (TPSA) is 69.6 Å². The smallest absolute Gasteiger partial charge is 0.320 e. The van der Waals surface area contributed by atoms with Gasteiger partial charge < -0.3 is 10.4 Å². The van der Waals surface area contributed by atoms with Crippen LogP contribution in [-0.2, 0) is 16.0 Å². The van der Waals surface area contributed by atoms with Crippen LogP contribution < -0.4 is 5.32 Å². The predicted molar refractivity (Wildman–Crippen MR) is 87.1 cm³/mol. The second-order valence-electron chi connectivity index (χ2n) is 6.49. The third-order valence-corrected chi connectivity index (χ3v) is 4.98. The molecule has 5 heteroatoms. The number of fused-ring (bicyclic) bond motifs is 1. The van der Waals surface area contributed by atoms with Gasteiger partial charge in [-0.05, 0) is 49.8 Å². The Morgan fingerprint density at radius 1 is 1.22 bits per heavy atom. The number of hydrogen-bond donors (Lipinski definition) is 2. The Labute approximate surface area is 136 Å². The number of nitrogens with one attached hydrogen (secondary N) is 1. The zero-order chi connectivity index (χ0) is 16.2. The number of hydrogen-bond acceptors (Lipinski definition) is 3. The average Bonchev–Trinajstić information content (AvgIpc) is 3.02. The zero-order valence-electron chi connectivity index (χ0n) is 13.3. The van der Waals surface area contributed by atoms with E-state index in [1.807, 2.05) is 17.0 Å². The van der Waals surface area contributed by atoms with Crippen molar-refractivity contribution in [3.63, 3.8) is 0 Å². The molecule has 124 valence electrons. The van der Waals surface area contributed by atoms with Crippen LogP contribution in [0.4, 0.5) is 0 Å². The van der Waals surface area contributed by atoms with E-state index in [-0.39, 0.29) is 11.9 Å². The highest BCUT2D eigenvalue weighted by Crippen LogP contribution is 2.29. The fourth-order valence-electron chi connectivity index (χ4n) is 3.79. The Hall–Kier alpha value is -1.88. The van der Waals surface area contributed by atoms with Gasteiger partial charge in [-0.25, -0.2) is 0 Å². The molecular weight excluding hydrogens is 292 g/mol. The monoisotopic (exact) mass is 316 g/mol. The second-order valence-corrected chi connectivity index (χ2v) is 6.49. The van der Waals surface area contributed by atoms with Crippen LogP contribution in [0, 0.1) is 0 Å². The van der Waals surface area contributed by atoms with Gasteiger partial charge in [-0.1, -0.05) is 24.3 Å². The van der Waals surface area contributed by atoms with E-state index in [0.717, 1.165) is 32.2 Å². The molecule has 1 saturated heterocycles. The highest BCUT2D eigenvalue weighted by molar-refractivity contribution is 5.77. The van der Waals surface area contributed by atoms with Gasteiger partial charge in [-0.2, -0.15) is 0 Å². The van der Waals surface area contributed by atoms with Crippen LogP contribution in [0.3, 0.4) is 0 Å². The molecule has 0 aromatic heterocycles. The van der Waals surface area contributed by atoms with Crippen LogP contribution in [0.1, 0.15) is 49.3 Å². The molecule has 2 aliphatic rings. The number of carboxylic acids is 1. The number of aliphatic carboxylic acids is 1. The van der Waals surface area contributed by atoms with E-state index in [1.165, 1.54) is 11.1 Å². The molecular formula is C18H24N2O3. The highest BCUT2D eigenvalue weighted by atomic mass is 16.4. The molecule has 0 saturated carbocycles. The van der Waals surface area contributed by atoms with E-state index in [4.69, 9.17) is 0 Å². The number of aryl methyl sites for hydroxylation is 1. The lowest BCUT2D eigenvalue weighted by atomic mass is 9.87. The molecule has 2 N–H and O–H groups in total. The van der Waals surface area contributed by atoms with E-state index < -0.39 is 12.0 Å². The molecule has 0 bridgehead atoms. The predicted octanol–water partition coefficient (Wildman–Crippen LogP) is 2.12. The van der Waals surface area contributed by atoms with Crippen molar-refractivity contribution in [2.24, 2.45) is 0 Å². The largest absolute Gasteiger partial charge is 0.480 e. The Balaban J connectivity index is 1.53. The van der Waals surface area contributed by atoms with Gasteiger partial charge in [0.25, 0.3) is 0 Å². The summed E-state index contributed by atoms with van der Waals surface area (Å²) in [6, 6.07) is 7.97. The summed E-state index contributed by atoms with van der Waals surface area (Å²) < 4.78 is 0. The van der Waals surface area contributed by atoms with Crippen molar-refractivity contribution in [1.82, 2.24) is 10.2 Å². The lowest BCUT2D eigenvalue weighted by Gasteiger charge is -2.27. The van der Waals surface area contributed by atoms with Gasteiger partial charge in [-0.3, -0.25) is 14.5 Å². The van der Waals surface area contributed by atoms with E-state index in [2.05, 4.69) is 17.4 Å². The lowest BCUT2D eigenvalue weighted by Crippen LogP contribution is -2.39. The summed E-state index contributed by atoms with van der Waals surface area (Å²) in [6.07, 6.45) is 5.10. The number of carbonyl (C=O) groups excluding carboxylic acids is 1. The third kappa shape index (κ3) is 3.72. The van der Waals surface area contributed by atoms with Gasteiger partial charge in [-0.15, -0.1) is 0 Å². The number of amides is 1. The average molecular weight is 316 g/mol. The maximum Gasteiger partial charge on any atom is 0.320 e. The van der Waals surface area contributed by atoms with Gasteiger partial charge in [0, 0.05) is 13.0 Å². The second kappa shape index (κ2) is 7.13. The van der Waals surface area contributed by atoms with Crippen LogP contribution in [0.25, 0.3) is 0 Å². The molecule has 1 fully saturated rings.